The van der Waals surface area contributed by atoms with Gasteiger partial charge in [0.15, 0.2) is 9.84 Å². The van der Waals surface area contributed by atoms with Crippen molar-refractivity contribution in [3.63, 3.8) is 0 Å². The Bertz CT molecular complexity index is 638. The molecule has 102 valence electrons. The van der Waals surface area contributed by atoms with E-state index in [4.69, 9.17) is 4.74 Å². The minimum Gasteiger partial charge on any atom is -0.383 e. The second kappa shape index (κ2) is 4.58. The first-order valence-corrected chi connectivity index (χ1v) is 7.67. The maximum Gasteiger partial charge on any atom is 0.152 e. The summed E-state index contributed by atoms with van der Waals surface area (Å²) in [5.74, 6) is -0.982. The van der Waals surface area contributed by atoms with Crippen LogP contribution >= 0.6 is 0 Å². The number of ether oxygens (including phenoxy) is 1. The topological polar surface area (TPSA) is 67.2 Å². The fourth-order valence-electron chi connectivity index (χ4n) is 2.78. The zero-order valence-corrected chi connectivity index (χ0v) is 11.4. The number of halogens is 1. The summed E-state index contributed by atoms with van der Waals surface area (Å²) in [6.45, 7) is 0.0163. The van der Waals surface area contributed by atoms with Gasteiger partial charge >= 0.3 is 0 Å². The maximum atomic E-state index is 13.3. The van der Waals surface area contributed by atoms with Crippen LogP contribution in [-0.2, 0) is 14.6 Å². The molecule has 0 saturated heterocycles. The summed E-state index contributed by atoms with van der Waals surface area (Å²) in [5.41, 5.74) is -0.593. The summed E-state index contributed by atoms with van der Waals surface area (Å²) < 4.78 is 41.9. The standard InChI is InChI=1S/C13H14FNO3S/c1-18-8-13(7-15)11(12(13)19(2,16)17)9-4-3-5-10(14)6-9/h3-6,11-12H,8H2,1-2H3/t11-,12-,13-/m1/s1. The van der Waals surface area contributed by atoms with Crippen molar-refractivity contribution in [1.82, 2.24) is 0 Å². The molecule has 0 spiro atoms. The Morgan fingerprint density at radius 3 is 2.68 bits per heavy atom. The molecule has 0 radical (unpaired) electrons. The number of sulfone groups is 1. The number of hydrogen-bond donors (Lipinski definition) is 0. The molecule has 0 aromatic heterocycles. The van der Waals surface area contributed by atoms with Crippen molar-refractivity contribution in [2.45, 2.75) is 11.2 Å². The Morgan fingerprint density at radius 1 is 1.53 bits per heavy atom. The lowest BCUT2D eigenvalue weighted by molar-refractivity contribution is 0.162. The molecule has 1 aliphatic carbocycles. The highest BCUT2D eigenvalue weighted by molar-refractivity contribution is 7.91. The predicted octanol–water partition coefficient (Wildman–Crippen LogP) is 1.49. The Kier molecular flexibility index (Phi) is 3.37. The van der Waals surface area contributed by atoms with E-state index in [1.54, 1.807) is 6.07 Å². The number of nitriles is 1. The monoisotopic (exact) mass is 283 g/mol. The molecule has 19 heavy (non-hydrogen) atoms. The van der Waals surface area contributed by atoms with Gasteiger partial charge in [0.1, 0.15) is 11.2 Å². The van der Waals surface area contributed by atoms with Gasteiger partial charge in [-0.25, -0.2) is 12.8 Å². The van der Waals surface area contributed by atoms with Gasteiger partial charge in [-0.2, -0.15) is 5.26 Å². The van der Waals surface area contributed by atoms with Crippen LogP contribution in [0.5, 0.6) is 0 Å². The molecule has 1 fully saturated rings. The van der Waals surface area contributed by atoms with Gasteiger partial charge in [0.2, 0.25) is 0 Å². The zero-order chi connectivity index (χ0) is 14.3. The molecule has 0 heterocycles. The molecular formula is C13H14FNO3S. The summed E-state index contributed by atoms with van der Waals surface area (Å²) in [5, 5.41) is 8.49. The first-order chi connectivity index (χ1) is 8.86. The van der Waals surface area contributed by atoms with Gasteiger partial charge in [-0.1, -0.05) is 12.1 Å². The molecule has 1 aromatic rings. The van der Waals surface area contributed by atoms with Gasteiger partial charge in [0.25, 0.3) is 0 Å². The average molecular weight is 283 g/mol. The molecule has 0 aliphatic heterocycles. The lowest BCUT2D eigenvalue weighted by Crippen LogP contribution is -2.17. The van der Waals surface area contributed by atoms with Crippen LogP contribution in [0.15, 0.2) is 24.3 Å². The summed E-state index contributed by atoms with van der Waals surface area (Å²) >= 11 is 0. The van der Waals surface area contributed by atoms with E-state index in [1.807, 2.05) is 0 Å². The second-order valence-electron chi connectivity index (χ2n) is 4.87. The molecular weight excluding hydrogens is 269 g/mol. The van der Waals surface area contributed by atoms with Crippen LogP contribution in [0, 0.1) is 22.6 Å². The van der Waals surface area contributed by atoms with Crippen LogP contribution in [0.4, 0.5) is 4.39 Å². The van der Waals surface area contributed by atoms with E-state index in [0.717, 1.165) is 6.26 Å². The highest BCUT2D eigenvalue weighted by Gasteiger charge is 2.71. The lowest BCUT2D eigenvalue weighted by Gasteiger charge is -2.06. The Balaban J connectivity index is 2.48. The summed E-state index contributed by atoms with van der Waals surface area (Å²) in [7, 11) is -1.99. The number of nitrogens with zero attached hydrogens (tertiary/aromatic N) is 1. The molecule has 6 heteroatoms. The molecule has 1 aliphatic rings. The quantitative estimate of drug-likeness (QED) is 0.839. The van der Waals surface area contributed by atoms with E-state index >= 15 is 0 Å². The van der Waals surface area contributed by atoms with Crippen molar-refractivity contribution in [2.24, 2.45) is 5.41 Å². The van der Waals surface area contributed by atoms with Crippen LogP contribution < -0.4 is 0 Å². The van der Waals surface area contributed by atoms with Gasteiger partial charge in [0, 0.05) is 19.3 Å². The fourth-order valence-corrected chi connectivity index (χ4v) is 4.63. The molecule has 3 atom stereocenters. The van der Waals surface area contributed by atoms with E-state index in [0.29, 0.717) is 5.56 Å². The third kappa shape index (κ3) is 2.24. The van der Waals surface area contributed by atoms with Gasteiger partial charge in [-0.15, -0.1) is 0 Å². The zero-order valence-electron chi connectivity index (χ0n) is 10.6. The highest BCUT2D eigenvalue weighted by atomic mass is 32.2. The van der Waals surface area contributed by atoms with Gasteiger partial charge in [-0.05, 0) is 17.7 Å². The van der Waals surface area contributed by atoms with Crippen LogP contribution in [0.3, 0.4) is 0 Å². The van der Waals surface area contributed by atoms with Crippen molar-refractivity contribution in [3.8, 4) is 6.07 Å². The highest BCUT2D eigenvalue weighted by Crippen LogP contribution is 2.62. The minimum absolute atomic E-state index is 0.0163. The predicted molar refractivity (Wildman–Crippen MR) is 67.7 cm³/mol. The normalized spacial score (nSPS) is 29.8. The van der Waals surface area contributed by atoms with Crippen molar-refractivity contribution < 1.29 is 17.5 Å². The fraction of sp³-hybridized carbons (Fsp3) is 0.462. The van der Waals surface area contributed by atoms with E-state index < -0.39 is 32.2 Å². The van der Waals surface area contributed by atoms with E-state index in [-0.39, 0.29) is 6.61 Å². The van der Waals surface area contributed by atoms with Crippen molar-refractivity contribution in [2.75, 3.05) is 20.0 Å². The third-order valence-corrected chi connectivity index (χ3v) is 5.13. The maximum absolute atomic E-state index is 13.3. The Morgan fingerprint density at radius 2 is 2.21 bits per heavy atom. The van der Waals surface area contributed by atoms with Gasteiger partial charge < -0.3 is 4.74 Å². The summed E-state index contributed by atoms with van der Waals surface area (Å²) in [4.78, 5) is 0. The van der Waals surface area contributed by atoms with E-state index in [2.05, 4.69) is 6.07 Å². The third-order valence-electron chi connectivity index (χ3n) is 3.52. The van der Waals surface area contributed by atoms with Crippen LogP contribution in [-0.4, -0.2) is 33.6 Å². The smallest absolute Gasteiger partial charge is 0.152 e. The average Bonchev–Trinajstić information content (AvgIpc) is 2.99. The number of methoxy groups -OCH3 is 1. The van der Waals surface area contributed by atoms with Gasteiger partial charge in [-0.3, -0.25) is 0 Å². The minimum atomic E-state index is -3.41. The molecule has 0 N–H and O–H groups in total. The Labute approximate surface area is 111 Å². The van der Waals surface area contributed by atoms with E-state index in [1.165, 1.54) is 25.3 Å². The number of hydrogen-bond acceptors (Lipinski definition) is 4. The van der Waals surface area contributed by atoms with Gasteiger partial charge in [0.05, 0.1) is 17.9 Å². The SMILES string of the molecule is COC[C@]1(C#N)[C@H](c2cccc(F)c2)[C@H]1S(C)(=O)=O. The van der Waals surface area contributed by atoms with Crippen LogP contribution in [0.25, 0.3) is 0 Å². The molecule has 1 saturated carbocycles. The first kappa shape index (κ1) is 14.0. The van der Waals surface area contributed by atoms with Crippen molar-refractivity contribution in [1.29, 1.82) is 5.26 Å². The number of rotatable bonds is 4. The molecule has 1 aromatic carbocycles. The first-order valence-electron chi connectivity index (χ1n) is 5.71. The van der Waals surface area contributed by atoms with Crippen LogP contribution in [0.1, 0.15) is 11.5 Å². The van der Waals surface area contributed by atoms with Crippen LogP contribution in [0.2, 0.25) is 0 Å². The number of benzene rings is 1. The summed E-state index contributed by atoms with van der Waals surface area (Å²) in [6.07, 6.45) is 1.10. The summed E-state index contributed by atoms with van der Waals surface area (Å²) in [6, 6.07) is 7.76. The molecule has 2 rings (SSSR count). The van der Waals surface area contributed by atoms with E-state index in [9.17, 15) is 18.1 Å². The van der Waals surface area contributed by atoms with Crippen molar-refractivity contribution >= 4 is 9.84 Å². The largest absolute Gasteiger partial charge is 0.383 e. The lowest BCUT2D eigenvalue weighted by atomic mass is 10.0. The molecule has 0 bridgehead atoms. The Hall–Kier alpha value is -1.45. The second-order valence-corrected chi connectivity index (χ2v) is 7.03. The van der Waals surface area contributed by atoms with Crippen molar-refractivity contribution in [3.05, 3.63) is 35.6 Å². The molecule has 0 amide bonds. The molecule has 4 nitrogen and oxygen atoms in total. The molecule has 0 unspecified atom stereocenters.